The number of ether oxygens (including phenoxy) is 2. The van der Waals surface area contributed by atoms with E-state index in [9.17, 15) is 35.9 Å². The van der Waals surface area contributed by atoms with Crippen molar-refractivity contribution in [3.8, 4) is 11.5 Å². The average Bonchev–Trinajstić information content (AvgIpc) is 2.95. The highest BCUT2D eigenvalue weighted by Crippen LogP contribution is 2.48. The molecule has 0 aromatic heterocycles. The van der Waals surface area contributed by atoms with Crippen molar-refractivity contribution in [2.45, 2.75) is 44.1 Å². The third kappa shape index (κ3) is 7.30. The Kier molecular flexibility index (Phi) is 9.07. The number of nitrogens with one attached hydrogen (secondary N) is 2. The zero-order valence-electron chi connectivity index (χ0n) is 23.2. The molecule has 43 heavy (non-hydrogen) atoms. The Bertz CT molecular complexity index is 1480. The minimum Gasteiger partial charge on any atom is -0.497 e. The number of aryl methyl sites for hydroxylation is 1. The van der Waals surface area contributed by atoms with Gasteiger partial charge in [0.1, 0.15) is 17.1 Å². The van der Waals surface area contributed by atoms with Crippen LogP contribution >= 0.6 is 0 Å². The van der Waals surface area contributed by atoms with Crippen molar-refractivity contribution in [1.29, 1.82) is 0 Å². The lowest BCUT2D eigenvalue weighted by atomic mass is 9.76. The Hall–Kier alpha value is -4.48. The summed E-state index contributed by atoms with van der Waals surface area (Å²) in [7, 11) is 1.46. The molecule has 6 nitrogen and oxygen atoms in total. The first-order valence-corrected chi connectivity index (χ1v) is 13.2. The van der Waals surface area contributed by atoms with Crippen LogP contribution in [0, 0.1) is 6.92 Å². The van der Waals surface area contributed by atoms with E-state index in [0.29, 0.717) is 11.4 Å². The number of carbonyl (C=O) groups excluding carboxylic acids is 2. The second-order valence-electron chi connectivity index (χ2n) is 10.0. The summed E-state index contributed by atoms with van der Waals surface area (Å²) in [6.07, 6.45) is -11.5. The fourth-order valence-corrected chi connectivity index (χ4v) is 4.71. The summed E-state index contributed by atoms with van der Waals surface area (Å²) < 4.78 is 92.3. The van der Waals surface area contributed by atoms with Gasteiger partial charge in [-0.05, 0) is 66.4 Å². The SMILES string of the molecule is COc1ccc(NC(=O)C2=C(c3ccc(C)cc3)C[C@@](c3ccc(OCCCC(F)(F)F)cc3)(C(F)(F)F)NC2=O)cc1. The molecule has 0 radical (unpaired) electrons. The molecule has 2 amide bonds. The van der Waals surface area contributed by atoms with Crippen molar-refractivity contribution in [2.75, 3.05) is 19.0 Å². The number of benzene rings is 3. The number of halogens is 6. The molecule has 0 saturated carbocycles. The lowest BCUT2D eigenvalue weighted by Crippen LogP contribution is -2.59. The predicted molar refractivity (Wildman–Crippen MR) is 147 cm³/mol. The van der Waals surface area contributed by atoms with Crippen LogP contribution in [0.25, 0.3) is 5.57 Å². The standard InChI is InChI=1S/C31H28F6N2O4/c1-19-4-6-20(7-5-19)25-18-29(31(35,36)37,21-8-12-24(13-9-21)43-17-3-16-30(32,33)34)39-28(41)26(25)27(40)38-22-10-14-23(42-2)15-11-22/h4-15H,3,16-18H2,1-2H3,(H,38,40)(H,39,41)/t29-/m1/s1. The van der Waals surface area contributed by atoms with E-state index in [4.69, 9.17) is 9.47 Å². The van der Waals surface area contributed by atoms with E-state index in [2.05, 4.69) is 10.6 Å². The normalized spacial score (nSPS) is 17.3. The van der Waals surface area contributed by atoms with Gasteiger partial charge >= 0.3 is 12.4 Å². The van der Waals surface area contributed by atoms with Crippen LogP contribution in [0.15, 0.2) is 78.4 Å². The van der Waals surface area contributed by atoms with Crippen molar-refractivity contribution in [3.05, 3.63) is 95.1 Å². The second kappa shape index (κ2) is 12.4. The summed E-state index contributed by atoms with van der Waals surface area (Å²) in [5, 5.41) is 4.62. The monoisotopic (exact) mass is 606 g/mol. The lowest BCUT2D eigenvalue weighted by Gasteiger charge is -2.41. The summed E-state index contributed by atoms with van der Waals surface area (Å²) in [4.78, 5) is 26.9. The minimum atomic E-state index is -5.01. The van der Waals surface area contributed by atoms with Crippen LogP contribution in [0.4, 0.5) is 32.0 Å². The molecular weight excluding hydrogens is 578 g/mol. The van der Waals surface area contributed by atoms with Gasteiger partial charge < -0.3 is 20.1 Å². The van der Waals surface area contributed by atoms with Crippen LogP contribution in [0.1, 0.15) is 36.0 Å². The summed E-state index contributed by atoms with van der Waals surface area (Å²) in [6, 6.07) is 17.2. The number of rotatable bonds is 9. The molecule has 3 aromatic carbocycles. The summed E-state index contributed by atoms with van der Waals surface area (Å²) in [5.41, 5.74) is -2.45. The first kappa shape index (κ1) is 31.5. The van der Waals surface area contributed by atoms with Crippen LogP contribution < -0.4 is 20.1 Å². The quantitative estimate of drug-likeness (QED) is 0.155. The van der Waals surface area contributed by atoms with Gasteiger partial charge in [0.25, 0.3) is 11.8 Å². The molecule has 0 aliphatic carbocycles. The third-order valence-electron chi connectivity index (χ3n) is 6.98. The zero-order valence-corrected chi connectivity index (χ0v) is 23.2. The molecule has 1 heterocycles. The molecule has 4 rings (SSSR count). The zero-order chi connectivity index (χ0) is 31.4. The molecule has 12 heteroatoms. The first-order valence-electron chi connectivity index (χ1n) is 13.2. The lowest BCUT2D eigenvalue weighted by molar-refractivity contribution is -0.201. The highest BCUT2D eigenvalue weighted by molar-refractivity contribution is 6.28. The third-order valence-corrected chi connectivity index (χ3v) is 6.98. The maximum Gasteiger partial charge on any atom is 0.416 e. The van der Waals surface area contributed by atoms with Crippen LogP contribution in [0.5, 0.6) is 11.5 Å². The largest absolute Gasteiger partial charge is 0.497 e. The highest BCUT2D eigenvalue weighted by atomic mass is 19.4. The van der Waals surface area contributed by atoms with Crippen LogP contribution in [0.3, 0.4) is 0 Å². The van der Waals surface area contributed by atoms with Gasteiger partial charge in [0, 0.05) is 18.5 Å². The number of amides is 2. The second-order valence-corrected chi connectivity index (χ2v) is 10.0. The van der Waals surface area contributed by atoms with E-state index in [-0.39, 0.29) is 35.5 Å². The Morgan fingerprint density at radius 1 is 0.907 bits per heavy atom. The molecule has 0 unspecified atom stereocenters. The number of alkyl halides is 6. The molecule has 3 aromatic rings. The van der Waals surface area contributed by atoms with Crippen molar-refractivity contribution in [2.24, 2.45) is 0 Å². The fourth-order valence-electron chi connectivity index (χ4n) is 4.71. The molecule has 228 valence electrons. The minimum absolute atomic E-state index is 0.0687. The number of methoxy groups -OCH3 is 1. The molecule has 0 fully saturated rings. The maximum absolute atomic E-state index is 14.9. The molecule has 0 saturated heterocycles. The Morgan fingerprint density at radius 3 is 2.07 bits per heavy atom. The van der Waals surface area contributed by atoms with E-state index >= 15 is 0 Å². The maximum atomic E-state index is 14.9. The predicted octanol–water partition coefficient (Wildman–Crippen LogP) is 7.09. The van der Waals surface area contributed by atoms with Gasteiger partial charge in [-0.25, -0.2) is 0 Å². The highest BCUT2D eigenvalue weighted by Gasteiger charge is 2.60. The van der Waals surface area contributed by atoms with E-state index in [1.807, 2.05) is 0 Å². The Labute approximate surface area is 243 Å². The topological polar surface area (TPSA) is 76.7 Å². The number of hydrogen-bond acceptors (Lipinski definition) is 4. The van der Waals surface area contributed by atoms with Gasteiger partial charge in [-0.1, -0.05) is 42.0 Å². The van der Waals surface area contributed by atoms with E-state index < -0.39 is 48.1 Å². The van der Waals surface area contributed by atoms with Crippen molar-refractivity contribution in [1.82, 2.24) is 5.32 Å². The van der Waals surface area contributed by atoms with Gasteiger partial charge in [-0.15, -0.1) is 0 Å². The molecule has 1 aliphatic rings. The van der Waals surface area contributed by atoms with E-state index in [1.165, 1.54) is 31.4 Å². The molecule has 2 N–H and O–H groups in total. The van der Waals surface area contributed by atoms with Crippen LogP contribution in [0.2, 0.25) is 0 Å². The van der Waals surface area contributed by atoms with Gasteiger partial charge in [-0.3, -0.25) is 9.59 Å². The number of anilines is 1. The number of hydrogen-bond donors (Lipinski definition) is 2. The average molecular weight is 607 g/mol. The Balaban J connectivity index is 1.71. The molecular formula is C31H28F6N2O4. The van der Waals surface area contributed by atoms with Crippen molar-refractivity contribution in [3.63, 3.8) is 0 Å². The first-order chi connectivity index (χ1) is 20.2. The number of carbonyl (C=O) groups is 2. The van der Waals surface area contributed by atoms with Crippen molar-refractivity contribution >= 4 is 23.1 Å². The van der Waals surface area contributed by atoms with Gasteiger partial charge in [0.05, 0.1) is 13.7 Å². The van der Waals surface area contributed by atoms with E-state index in [1.54, 1.807) is 43.3 Å². The smallest absolute Gasteiger partial charge is 0.416 e. The van der Waals surface area contributed by atoms with Gasteiger partial charge in [0.15, 0.2) is 5.54 Å². The van der Waals surface area contributed by atoms with Crippen LogP contribution in [-0.4, -0.2) is 37.9 Å². The summed E-state index contributed by atoms with van der Waals surface area (Å²) in [5.74, 6) is -1.53. The van der Waals surface area contributed by atoms with E-state index in [0.717, 1.165) is 17.7 Å². The van der Waals surface area contributed by atoms with Crippen molar-refractivity contribution < 1.29 is 45.4 Å². The van der Waals surface area contributed by atoms with Gasteiger partial charge in [-0.2, -0.15) is 26.3 Å². The molecule has 1 aliphatic heterocycles. The fraction of sp³-hybridized carbons (Fsp3) is 0.290. The summed E-state index contributed by atoms with van der Waals surface area (Å²) >= 11 is 0. The molecule has 0 spiro atoms. The molecule has 1 atom stereocenters. The summed E-state index contributed by atoms with van der Waals surface area (Å²) in [6.45, 7) is 1.50. The van der Waals surface area contributed by atoms with Crippen LogP contribution in [-0.2, 0) is 15.1 Å². The van der Waals surface area contributed by atoms with Gasteiger partial charge in [0.2, 0.25) is 0 Å². The Morgan fingerprint density at radius 2 is 1.51 bits per heavy atom. The molecule has 0 bridgehead atoms.